The van der Waals surface area contributed by atoms with Crippen molar-refractivity contribution in [2.24, 2.45) is 0 Å². The van der Waals surface area contributed by atoms with Gasteiger partial charge in [0.05, 0.1) is 17.6 Å². The number of aromatic nitrogens is 2. The van der Waals surface area contributed by atoms with Crippen LogP contribution in [0, 0.1) is 6.92 Å². The van der Waals surface area contributed by atoms with Gasteiger partial charge in [0.15, 0.2) is 0 Å². The Balaban J connectivity index is 1.70. The second-order valence-electron chi connectivity index (χ2n) is 7.82. The molecule has 30 heavy (non-hydrogen) atoms. The molecule has 3 aromatic carbocycles. The molecule has 0 aliphatic heterocycles. The van der Waals surface area contributed by atoms with Crippen molar-refractivity contribution >= 4 is 34.2 Å². The Morgan fingerprint density at radius 2 is 1.80 bits per heavy atom. The molecule has 0 saturated carbocycles. The molecule has 0 spiro atoms. The molecule has 0 amide bonds. The van der Waals surface area contributed by atoms with Gasteiger partial charge in [-0.1, -0.05) is 67.4 Å². The standard InChI is InChI=1S/C25H24Cl2N2O/c1-16(2)20-11-8-17(3)12-24(20)30-15-25-28-22-6-4-5-7-23(22)29(25)14-18-9-10-19(26)13-21(18)27/h4-13,16H,14-15H2,1-3H3. The van der Waals surface area contributed by atoms with E-state index in [4.69, 9.17) is 32.9 Å². The number of imidazole rings is 1. The fraction of sp³-hybridized carbons (Fsp3) is 0.240. The lowest BCUT2D eigenvalue weighted by Gasteiger charge is -2.16. The third-order valence-electron chi connectivity index (χ3n) is 5.23. The predicted molar refractivity (Wildman–Crippen MR) is 125 cm³/mol. The summed E-state index contributed by atoms with van der Waals surface area (Å²) in [6, 6.07) is 20.1. The lowest BCUT2D eigenvalue weighted by molar-refractivity contribution is 0.287. The van der Waals surface area contributed by atoms with Crippen LogP contribution < -0.4 is 4.74 Å². The molecule has 0 fully saturated rings. The van der Waals surface area contributed by atoms with E-state index in [0.717, 1.165) is 28.2 Å². The number of aryl methyl sites for hydroxylation is 1. The van der Waals surface area contributed by atoms with Gasteiger partial charge in [0.2, 0.25) is 0 Å². The van der Waals surface area contributed by atoms with Crippen molar-refractivity contribution in [3.8, 4) is 5.75 Å². The highest BCUT2D eigenvalue weighted by Crippen LogP contribution is 2.29. The summed E-state index contributed by atoms with van der Waals surface area (Å²) < 4.78 is 8.45. The third kappa shape index (κ3) is 4.33. The van der Waals surface area contributed by atoms with E-state index in [1.54, 1.807) is 6.07 Å². The highest BCUT2D eigenvalue weighted by atomic mass is 35.5. The summed E-state index contributed by atoms with van der Waals surface area (Å²) >= 11 is 12.5. The van der Waals surface area contributed by atoms with E-state index in [1.165, 1.54) is 11.1 Å². The first-order chi connectivity index (χ1) is 14.4. The molecule has 0 atom stereocenters. The molecule has 0 radical (unpaired) electrons. The van der Waals surface area contributed by atoms with Crippen molar-refractivity contribution < 1.29 is 4.74 Å². The number of hydrogen-bond donors (Lipinski definition) is 0. The number of fused-ring (bicyclic) bond motifs is 1. The van der Waals surface area contributed by atoms with Crippen LogP contribution in [0.4, 0.5) is 0 Å². The van der Waals surface area contributed by atoms with Crippen LogP contribution in [0.15, 0.2) is 60.7 Å². The van der Waals surface area contributed by atoms with Gasteiger partial charge in [-0.3, -0.25) is 0 Å². The Hall–Kier alpha value is -2.49. The summed E-state index contributed by atoms with van der Waals surface area (Å²) in [6.07, 6.45) is 0. The molecule has 3 nitrogen and oxygen atoms in total. The zero-order chi connectivity index (χ0) is 21.3. The second kappa shape index (κ2) is 8.71. The average molecular weight is 439 g/mol. The number of ether oxygens (including phenoxy) is 1. The molecule has 1 heterocycles. The number of para-hydroxylation sites is 2. The predicted octanol–water partition coefficient (Wildman–Crippen LogP) is 7.40. The number of benzene rings is 3. The van der Waals surface area contributed by atoms with Gasteiger partial charge in [-0.15, -0.1) is 0 Å². The average Bonchev–Trinajstić information content (AvgIpc) is 3.06. The van der Waals surface area contributed by atoms with Crippen LogP contribution in [0.1, 0.15) is 42.3 Å². The van der Waals surface area contributed by atoms with Crippen molar-refractivity contribution in [3.05, 3.63) is 93.2 Å². The highest BCUT2D eigenvalue weighted by molar-refractivity contribution is 6.35. The largest absolute Gasteiger partial charge is 0.485 e. The Kier molecular flexibility index (Phi) is 6.03. The fourth-order valence-corrected chi connectivity index (χ4v) is 4.09. The fourth-order valence-electron chi connectivity index (χ4n) is 3.62. The molecule has 0 aliphatic carbocycles. The molecule has 0 aliphatic rings. The maximum Gasteiger partial charge on any atom is 0.148 e. The Morgan fingerprint density at radius 1 is 1.00 bits per heavy atom. The van der Waals surface area contributed by atoms with E-state index in [0.29, 0.717) is 29.1 Å². The van der Waals surface area contributed by atoms with Crippen molar-refractivity contribution in [1.29, 1.82) is 0 Å². The molecule has 154 valence electrons. The molecule has 0 bridgehead atoms. The van der Waals surface area contributed by atoms with Crippen molar-refractivity contribution in [2.45, 2.75) is 39.8 Å². The number of nitrogens with zero attached hydrogens (tertiary/aromatic N) is 2. The summed E-state index contributed by atoms with van der Waals surface area (Å²) in [7, 11) is 0. The lowest BCUT2D eigenvalue weighted by atomic mass is 10.0. The Bertz CT molecular complexity index is 1200. The Morgan fingerprint density at radius 3 is 2.57 bits per heavy atom. The van der Waals surface area contributed by atoms with Gasteiger partial charge >= 0.3 is 0 Å². The van der Waals surface area contributed by atoms with Gasteiger partial charge in [0.25, 0.3) is 0 Å². The highest BCUT2D eigenvalue weighted by Gasteiger charge is 2.15. The lowest BCUT2D eigenvalue weighted by Crippen LogP contribution is -2.09. The topological polar surface area (TPSA) is 27.1 Å². The smallest absolute Gasteiger partial charge is 0.148 e. The zero-order valence-electron chi connectivity index (χ0n) is 17.3. The molecule has 0 N–H and O–H groups in total. The minimum Gasteiger partial charge on any atom is -0.485 e. The molecular formula is C25H24Cl2N2O. The van der Waals surface area contributed by atoms with Gasteiger partial charge in [0.1, 0.15) is 18.2 Å². The van der Waals surface area contributed by atoms with Crippen molar-refractivity contribution in [1.82, 2.24) is 9.55 Å². The molecule has 4 rings (SSSR count). The van der Waals surface area contributed by atoms with Crippen LogP contribution in [0.2, 0.25) is 10.0 Å². The van der Waals surface area contributed by atoms with Crippen LogP contribution in [-0.2, 0) is 13.2 Å². The van der Waals surface area contributed by atoms with Crippen LogP contribution in [0.5, 0.6) is 5.75 Å². The van der Waals surface area contributed by atoms with E-state index >= 15 is 0 Å². The van der Waals surface area contributed by atoms with E-state index in [9.17, 15) is 0 Å². The summed E-state index contributed by atoms with van der Waals surface area (Å²) in [5.74, 6) is 2.15. The quantitative estimate of drug-likeness (QED) is 0.313. The first-order valence-electron chi connectivity index (χ1n) is 10.0. The number of hydrogen-bond acceptors (Lipinski definition) is 2. The molecule has 0 saturated heterocycles. The minimum absolute atomic E-state index is 0.378. The third-order valence-corrected chi connectivity index (χ3v) is 5.81. The monoisotopic (exact) mass is 438 g/mol. The van der Waals surface area contributed by atoms with E-state index in [1.807, 2.05) is 30.3 Å². The second-order valence-corrected chi connectivity index (χ2v) is 8.67. The summed E-state index contributed by atoms with van der Waals surface area (Å²) in [5.41, 5.74) is 5.36. The molecule has 5 heteroatoms. The maximum atomic E-state index is 6.45. The van der Waals surface area contributed by atoms with E-state index in [-0.39, 0.29) is 0 Å². The maximum absolute atomic E-state index is 6.45. The van der Waals surface area contributed by atoms with Crippen LogP contribution in [0.3, 0.4) is 0 Å². The first-order valence-corrected chi connectivity index (χ1v) is 10.8. The molecule has 4 aromatic rings. The van der Waals surface area contributed by atoms with Gasteiger partial charge in [-0.2, -0.15) is 0 Å². The molecular weight excluding hydrogens is 415 g/mol. The van der Waals surface area contributed by atoms with Gasteiger partial charge in [0, 0.05) is 10.0 Å². The summed E-state index contributed by atoms with van der Waals surface area (Å²) in [5, 5.41) is 1.27. The minimum atomic E-state index is 0.378. The van der Waals surface area contributed by atoms with Crippen LogP contribution >= 0.6 is 23.2 Å². The first kappa shape index (κ1) is 20.8. The van der Waals surface area contributed by atoms with E-state index in [2.05, 4.69) is 49.6 Å². The number of halogens is 2. The van der Waals surface area contributed by atoms with Crippen LogP contribution in [0.25, 0.3) is 11.0 Å². The Labute approximate surface area is 187 Å². The zero-order valence-corrected chi connectivity index (χ0v) is 18.8. The summed E-state index contributed by atoms with van der Waals surface area (Å²) in [6.45, 7) is 7.41. The normalized spacial score (nSPS) is 11.4. The van der Waals surface area contributed by atoms with E-state index < -0.39 is 0 Å². The molecule has 1 aromatic heterocycles. The number of rotatable bonds is 6. The SMILES string of the molecule is Cc1ccc(C(C)C)c(OCc2nc3ccccc3n2Cc2ccc(Cl)cc2Cl)c1. The van der Waals surface area contributed by atoms with Gasteiger partial charge in [-0.25, -0.2) is 4.98 Å². The van der Waals surface area contributed by atoms with Crippen LogP contribution in [-0.4, -0.2) is 9.55 Å². The van der Waals surface area contributed by atoms with Gasteiger partial charge < -0.3 is 9.30 Å². The summed E-state index contributed by atoms with van der Waals surface area (Å²) in [4.78, 5) is 4.84. The molecule has 0 unspecified atom stereocenters. The van der Waals surface area contributed by atoms with Crippen molar-refractivity contribution in [2.75, 3.05) is 0 Å². The van der Waals surface area contributed by atoms with Gasteiger partial charge in [-0.05, 0) is 59.9 Å². The van der Waals surface area contributed by atoms with Crippen molar-refractivity contribution in [3.63, 3.8) is 0 Å².